The van der Waals surface area contributed by atoms with Crippen molar-refractivity contribution in [3.8, 4) is 0 Å². The summed E-state index contributed by atoms with van der Waals surface area (Å²) in [4.78, 5) is 14.9. The molecule has 1 heterocycles. The number of nitrogens with one attached hydrogen (secondary N) is 1. The molecule has 0 fully saturated rings. The summed E-state index contributed by atoms with van der Waals surface area (Å²) in [7, 11) is 0. The molecule has 1 N–H and O–H groups in total. The van der Waals surface area contributed by atoms with Gasteiger partial charge in [0.2, 0.25) is 0 Å². The molecule has 0 aromatic carbocycles. The third kappa shape index (κ3) is 3.61. The summed E-state index contributed by atoms with van der Waals surface area (Å²) in [6, 6.07) is 1.92. The van der Waals surface area contributed by atoms with Crippen molar-refractivity contribution in [1.29, 1.82) is 0 Å². The van der Waals surface area contributed by atoms with Crippen LogP contribution in [-0.2, 0) is 0 Å². The van der Waals surface area contributed by atoms with E-state index in [2.05, 4.69) is 15.3 Å². The highest BCUT2D eigenvalue weighted by Gasteiger charge is 2.08. The Hall–Kier alpha value is -1.52. The minimum absolute atomic E-state index is 0.0524. The molecule has 0 saturated carbocycles. The Morgan fingerprint density at radius 3 is 3.13 bits per heavy atom. The van der Waals surface area contributed by atoms with Gasteiger partial charge in [0, 0.05) is 18.0 Å². The molecule has 0 saturated heterocycles. The summed E-state index contributed by atoms with van der Waals surface area (Å²) in [6.07, 6.45) is 0.667. The van der Waals surface area contributed by atoms with Crippen LogP contribution in [-0.4, -0.2) is 19.0 Å². The summed E-state index contributed by atoms with van der Waals surface area (Å²) >= 11 is 1.43. The van der Waals surface area contributed by atoms with E-state index < -0.39 is 0 Å². The van der Waals surface area contributed by atoms with Crippen molar-refractivity contribution >= 4 is 17.2 Å². The van der Waals surface area contributed by atoms with E-state index in [1.54, 1.807) is 0 Å². The molecule has 1 rings (SSSR count). The topological polar surface area (TPSA) is 77.9 Å². The lowest BCUT2D eigenvalue weighted by atomic mass is 10.3. The summed E-state index contributed by atoms with van der Waals surface area (Å²) < 4.78 is 0. The maximum Gasteiger partial charge on any atom is 0.261 e. The van der Waals surface area contributed by atoms with Gasteiger partial charge in [0.1, 0.15) is 0 Å². The number of aryl methyl sites for hydroxylation is 1. The van der Waals surface area contributed by atoms with E-state index in [4.69, 9.17) is 5.53 Å². The van der Waals surface area contributed by atoms with Gasteiger partial charge in [-0.1, -0.05) is 5.11 Å². The van der Waals surface area contributed by atoms with Gasteiger partial charge in [-0.25, -0.2) is 0 Å². The molecule has 1 aromatic heterocycles. The van der Waals surface area contributed by atoms with Crippen molar-refractivity contribution in [3.63, 3.8) is 0 Å². The zero-order valence-corrected chi connectivity index (χ0v) is 9.25. The predicted molar refractivity (Wildman–Crippen MR) is 60.0 cm³/mol. The van der Waals surface area contributed by atoms with Gasteiger partial charge >= 0.3 is 0 Å². The summed E-state index contributed by atoms with van der Waals surface area (Å²) in [5.41, 5.74) is 9.03. The van der Waals surface area contributed by atoms with Gasteiger partial charge in [0.15, 0.2) is 0 Å². The number of hydrogen-bond acceptors (Lipinski definition) is 3. The summed E-state index contributed by atoms with van der Waals surface area (Å²) in [6.45, 7) is 2.86. The first-order chi connectivity index (χ1) is 7.25. The molecule has 15 heavy (non-hydrogen) atoms. The van der Waals surface area contributed by atoms with Crippen molar-refractivity contribution in [3.05, 3.63) is 32.3 Å². The zero-order valence-electron chi connectivity index (χ0n) is 8.43. The van der Waals surface area contributed by atoms with Crippen LogP contribution in [0, 0.1) is 6.92 Å². The number of thiophene rings is 1. The maximum absolute atomic E-state index is 11.6. The van der Waals surface area contributed by atoms with E-state index >= 15 is 0 Å². The van der Waals surface area contributed by atoms with E-state index in [0.717, 1.165) is 10.4 Å². The zero-order chi connectivity index (χ0) is 11.1. The highest BCUT2D eigenvalue weighted by Crippen LogP contribution is 2.14. The second-order valence-corrected chi connectivity index (χ2v) is 3.91. The average molecular weight is 224 g/mol. The van der Waals surface area contributed by atoms with E-state index in [-0.39, 0.29) is 5.91 Å². The molecule has 0 spiro atoms. The molecule has 1 aromatic rings. The van der Waals surface area contributed by atoms with Crippen LogP contribution in [0.2, 0.25) is 0 Å². The first-order valence-corrected chi connectivity index (χ1v) is 5.47. The third-order valence-electron chi connectivity index (χ3n) is 1.85. The Labute approximate surface area is 91.7 Å². The molecule has 80 valence electrons. The molecule has 1 amide bonds. The number of azide groups is 1. The Kier molecular flexibility index (Phi) is 4.66. The molecule has 0 aliphatic rings. The van der Waals surface area contributed by atoms with Gasteiger partial charge in [0.05, 0.1) is 4.88 Å². The predicted octanol–water partition coefficient (Wildman–Crippen LogP) is 2.49. The highest BCUT2D eigenvalue weighted by atomic mass is 32.1. The summed E-state index contributed by atoms with van der Waals surface area (Å²) in [5.74, 6) is -0.0524. The lowest BCUT2D eigenvalue weighted by molar-refractivity contribution is 0.0957. The monoisotopic (exact) mass is 224 g/mol. The second-order valence-electron chi connectivity index (χ2n) is 3.00. The van der Waals surface area contributed by atoms with Crippen LogP contribution in [0.25, 0.3) is 10.4 Å². The fraction of sp³-hybridized carbons (Fsp3) is 0.444. The van der Waals surface area contributed by atoms with Crippen LogP contribution in [0.1, 0.15) is 21.7 Å². The Bertz CT molecular complexity index is 381. The van der Waals surface area contributed by atoms with Gasteiger partial charge < -0.3 is 5.32 Å². The molecule has 6 heteroatoms. The van der Waals surface area contributed by atoms with Crippen LogP contribution in [0.4, 0.5) is 0 Å². The van der Waals surface area contributed by atoms with E-state index in [0.29, 0.717) is 19.5 Å². The number of carbonyl (C=O) groups is 1. The van der Waals surface area contributed by atoms with Crippen LogP contribution in [0.15, 0.2) is 16.6 Å². The summed E-state index contributed by atoms with van der Waals surface area (Å²) in [5, 5.41) is 8.05. The van der Waals surface area contributed by atoms with Crippen LogP contribution < -0.4 is 5.32 Å². The molecule has 0 unspecified atom stereocenters. The van der Waals surface area contributed by atoms with Crippen molar-refractivity contribution in [2.75, 3.05) is 13.1 Å². The Morgan fingerprint density at radius 1 is 1.73 bits per heavy atom. The van der Waals surface area contributed by atoms with Crippen molar-refractivity contribution in [1.82, 2.24) is 5.32 Å². The van der Waals surface area contributed by atoms with Gasteiger partial charge in [-0.05, 0) is 35.9 Å². The molecule has 0 atom stereocenters. The average Bonchev–Trinajstić information content (AvgIpc) is 2.64. The minimum Gasteiger partial charge on any atom is -0.351 e. The number of carbonyl (C=O) groups excluding carboxylic acids is 1. The quantitative estimate of drug-likeness (QED) is 0.354. The smallest absolute Gasteiger partial charge is 0.261 e. The Balaban J connectivity index is 2.31. The first-order valence-electron chi connectivity index (χ1n) is 4.59. The van der Waals surface area contributed by atoms with Crippen LogP contribution in [0.3, 0.4) is 0 Å². The number of rotatable bonds is 5. The number of nitrogens with zero attached hydrogens (tertiary/aromatic N) is 3. The molecule has 0 aliphatic carbocycles. The molecule has 0 aliphatic heterocycles. The second kappa shape index (κ2) is 6.06. The third-order valence-corrected chi connectivity index (χ3v) is 2.87. The van der Waals surface area contributed by atoms with Crippen molar-refractivity contribution < 1.29 is 4.79 Å². The van der Waals surface area contributed by atoms with E-state index in [9.17, 15) is 4.79 Å². The van der Waals surface area contributed by atoms with Crippen LogP contribution in [0.5, 0.6) is 0 Å². The number of amides is 1. The highest BCUT2D eigenvalue weighted by molar-refractivity contribution is 7.12. The Morgan fingerprint density at radius 2 is 2.53 bits per heavy atom. The lowest BCUT2D eigenvalue weighted by Crippen LogP contribution is -2.24. The van der Waals surface area contributed by atoms with Gasteiger partial charge in [-0.3, -0.25) is 4.79 Å². The van der Waals surface area contributed by atoms with Gasteiger partial charge in [0.25, 0.3) is 5.91 Å². The molecule has 0 bridgehead atoms. The van der Waals surface area contributed by atoms with E-state index in [1.165, 1.54) is 11.3 Å². The largest absolute Gasteiger partial charge is 0.351 e. The molecule has 5 nitrogen and oxygen atoms in total. The first kappa shape index (κ1) is 11.6. The number of hydrogen-bond donors (Lipinski definition) is 1. The normalized spacial score (nSPS) is 9.40. The van der Waals surface area contributed by atoms with Gasteiger partial charge in [-0.2, -0.15) is 0 Å². The lowest BCUT2D eigenvalue weighted by Gasteiger charge is -2.02. The molecule has 0 radical (unpaired) electrons. The fourth-order valence-corrected chi connectivity index (χ4v) is 1.92. The van der Waals surface area contributed by atoms with Crippen molar-refractivity contribution in [2.24, 2.45) is 5.11 Å². The minimum atomic E-state index is -0.0524. The van der Waals surface area contributed by atoms with Crippen molar-refractivity contribution in [2.45, 2.75) is 13.3 Å². The van der Waals surface area contributed by atoms with Crippen LogP contribution >= 0.6 is 11.3 Å². The van der Waals surface area contributed by atoms with E-state index in [1.807, 2.05) is 18.4 Å². The molecular formula is C9H12N4OS. The molecular weight excluding hydrogens is 212 g/mol. The SMILES string of the molecule is Cc1ccsc1C(=O)NCCCN=[N+]=[N-]. The standard InChI is InChI=1S/C9H12N4OS/c1-7-3-6-15-8(7)9(14)11-4-2-5-12-13-10/h3,6H,2,4-5H2,1H3,(H,11,14). The maximum atomic E-state index is 11.6. The van der Waals surface area contributed by atoms with Gasteiger partial charge in [-0.15, -0.1) is 11.3 Å². The fourth-order valence-electron chi connectivity index (χ4n) is 1.08.